The van der Waals surface area contributed by atoms with Gasteiger partial charge in [0.1, 0.15) is 3.74 Å². The predicted octanol–water partition coefficient (Wildman–Crippen LogP) is 3.18. The summed E-state index contributed by atoms with van der Waals surface area (Å²) in [6, 6.07) is 0. The molecule has 5 heteroatoms. The van der Waals surface area contributed by atoms with Crippen LogP contribution in [0, 0.1) is 0 Å². The molecule has 0 saturated carbocycles. The summed E-state index contributed by atoms with van der Waals surface area (Å²) in [7, 11) is 0. The maximum Gasteiger partial charge on any atom is 0.303 e. The van der Waals surface area contributed by atoms with E-state index in [1.165, 1.54) is 0 Å². The molecule has 0 saturated heterocycles. The number of alkyl halides is 2. The highest BCUT2D eigenvalue weighted by Crippen LogP contribution is 2.23. The van der Waals surface area contributed by atoms with Crippen molar-refractivity contribution in [1.29, 1.82) is 0 Å². The van der Waals surface area contributed by atoms with Crippen LogP contribution in [-0.4, -0.2) is 3.74 Å². The smallest absolute Gasteiger partial charge is 0.204 e. The maximum atomic E-state index is 11.7. The van der Waals surface area contributed by atoms with Crippen molar-refractivity contribution in [3.63, 3.8) is 0 Å². The molecule has 0 nitrogen and oxygen atoms in total. The van der Waals surface area contributed by atoms with Crippen molar-refractivity contribution in [3.8, 4) is 0 Å². The molecule has 0 rings (SSSR count). The van der Waals surface area contributed by atoms with E-state index in [0.29, 0.717) is 0 Å². The fourth-order valence-electron chi connectivity index (χ4n) is 0.0825. The maximum absolute atomic E-state index is 11.7. The van der Waals surface area contributed by atoms with Gasteiger partial charge in [-0.05, 0) is 0 Å². The van der Waals surface area contributed by atoms with Crippen LogP contribution in [0.5, 0.6) is 0 Å². The SMILES string of the molecule is FC(F)=C(F)C(Br)Br. The van der Waals surface area contributed by atoms with E-state index in [9.17, 15) is 13.2 Å². The number of halogens is 5. The fourth-order valence-corrected chi connectivity index (χ4v) is 0.429. The van der Waals surface area contributed by atoms with Crippen molar-refractivity contribution in [3.05, 3.63) is 11.9 Å². The minimum atomic E-state index is -2.30. The fraction of sp³-hybridized carbons (Fsp3) is 0.333. The molecular weight excluding hydrogens is 253 g/mol. The highest BCUT2D eigenvalue weighted by Gasteiger charge is 2.11. The van der Waals surface area contributed by atoms with E-state index in [1.807, 2.05) is 0 Å². The zero-order valence-electron chi connectivity index (χ0n) is 3.47. The van der Waals surface area contributed by atoms with Crippen LogP contribution < -0.4 is 0 Å². The van der Waals surface area contributed by atoms with Crippen molar-refractivity contribution >= 4 is 31.9 Å². The molecule has 0 unspecified atom stereocenters. The first-order valence-electron chi connectivity index (χ1n) is 1.54. The molecule has 0 amide bonds. The summed E-state index contributed by atoms with van der Waals surface area (Å²) in [6.07, 6.45) is -2.30. The van der Waals surface area contributed by atoms with Crippen LogP contribution in [0.3, 0.4) is 0 Å². The molecule has 0 aliphatic rings. The molecular formula is C3HBr2F3. The number of hydrogen-bond donors (Lipinski definition) is 0. The van der Waals surface area contributed by atoms with Gasteiger partial charge in [0.25, 0.3) is 0 Å². The molecule has 0 aliphatic carbocycles. The van der Waals surface area contributed by atoms with Crippen LogP contribution in [0.15, 0.2) is 11.9 Å². The highest BCUT2D eigenvalue weighted by molar-refractivity contribution is 9.24. The third-order valence-electron chi connectivity index (χ3n) is 0.372. The van der Waals surface area contributed by atoms with Gasteiger partial charge in [-0.25, -0.2) is 4.39 Å². The van der Waals surface area contributed by atoms with Crippen LogP contribution in [0.1, 0.15) is 0 Å². The van der Waals surface area contributed by atoms with E-state index < -0.39 is 15.6 Å². The van der Waals surface area contributed by atoms with Crippen LogP contribution in [0.2, 0.25) is 0 Å². The third kappa shape index (κ3) is 2.71. The Balaban J connectivity index is 4.00. The number of allylic oxidation sites excluding steroid dienone is 1. The first kappa shape index (κ1) is 8.49. The van der Waals surface area contributed by atoms with E-state index in [4.69, 9.17) is 0 Å². The summed E-state index contributed by atoms with van der Waals surface area (Å²) in [6.45, 7) is 0. The summed E-state index contributed by atoms with van der Waals surface area (Å²) in [5.74, 6) is -1.48. The molecule has 0 heterocycles. The largest absolute Gasteiger partial charge is 0.303 e. The minimum absolute atomic E-state index is 1.07. The summed E-state index contributed by atoms with van der Waals surface area (Å²) < 4.78 is 32.9. The predicted molar refractivity (Wildman–Crippen MR) is 32.0 cm³/mol. The summed E-state index contributed by atoms with van der Waals surface area (Å²) in [5, 5.41) is 0. The third-order valence-corrected chi connectivity index (χ3v) is 1.18. The average molecular weight is 254 g/mol. The Labute approximate surface area is 61.0 Å². The number of rotatable bonds is 1. The Kier molecular flexibility index (Phi) is 3.72. The second-order valence-electron chi connectivity index (χ2n) is 0.909. The summed E-state index contributed by atoms with van der Waals surface area (Å²) in [4.78, 5) is 0. The van der Waals surface area contributed by atoms with Gasteiger partial charge >= 0.3 is 6.08 Å². The van der Waals surface area contributed by atoms with Crippen LogP contribution >= 0.6 is 31.9 Å². The van der Waals surface area contributed by atoms with E-state index in [2.05, 4.69) is 31.9 Å². The number of hydrogen-bond acceptors (Lipinski definition) is 0. The van der Waals surface area contributed by atoms with Crippen molar-refractivity contribution < 1.29 is 13.2 Å². The lowest BCUT2D eigenvalue weighted by Gasteiger charge is -1.91. The molecule has 0 aromatic heterocycles. The molecule has 8 heavy (non-hydrogen) atoms. The molecule has 0 fully saturated rings. The summed E-state index contributed by atoms with van der Waals surface area (Å²) in [5.41, 5.74) is 0. The minimum Gasteiger partial charge on any atom is -0.204 e. The molecule has 0 atom stereocenters. The Hall–Kier alpha value is 0.490. The van der Waals surface area contributed by atoms with Crippen LogP contribution in [-0.2, 0) is 0 Å². The normalized spacial score (nSPS) is 9.75. The van der Waals surface area contributed by atoms with E-state index in [1.54, 1.807) is 0 Å². The molecule has 0 bridgehead atoms. The zero-order chi connectivity index (χ0) is 6.73. The quantitative estimate of drug-likeness (QED) is 0.630. The van der Waals surface area contributed by atoms with Gasteiger partial charge in [-0.2, -0.15) is 8.78 Å². The van der Waals surface area contributed by atoms with Gasteiger partial charge in [-0.15, -0.1) is 0 Å². The Morgan fingerprint density at radius 3 is 1.50 bits per heavy atom. The average Bonchev–Trinajstić information content (AvgIpc) is 1.64. The van der Waals surface area contributed by atoms with Crippen molar-refractivity contribution in [1.82, 2.24) is 0 Å². The van der Waals surface area contributed by atoms with Crippen LogP contribution in [0.25, 0.3) is 0 Å². The molecule has 48 valence electrons. The van der Waals surface area contributed by atoms with Crippen molar-refractivity contribution in [2.24, 2.45) is 0 Å². The molecule has 0 radical (unpaired) electrons. The van der Waals surface area contributed by atoms with Gasteiger partial charge in [-0.3, -0.25) is 0 Å². The van der Waals surface area contributed by atoms with Gasteiger partial charge in [-0.1, -0.05) is 31.9 Å². The summed E-state index contributed by atoms with van der Waals surface area (Å²) >= 11 is 5.09. The van der Waals surface area contributed by atoms with Crippen molar-refractivity contribution in [2.45, 2.75) is 3.74 Å². The molecule has 0 N–H and O–H groups in total. The Bertz CT molecular complexity index is 105. The molecule has 0 aromatic carbocycles. The molecule has 0 spiro atoms. The topological polar surface area (TPSA) is 0 Å². The lowest BCUT2D eigenvalue weighted by atomic mass is 10.7. The highest BCUT2D eigenvalue weighted by atomic mass is 79.9. The van der Waals surface area contributed by atoms with E-state index in [0.717, 1.165) is 0 Å². The van der Waals surface area contributed by atoms with E-state index >= 15 is 0 Å². The van der Waals surface area contributed by atoms with Gasteiger partial charge in [0.05, 0.1) is 0 Å². The van der Waals surface area contributed by atoms with Gasteiger partial charge in [0.2, 0.25) is 0 Å². The Morgan fingerprint density at radius 1 is 1.12 bits per heavy atom. The lowest BCUT2D eigenvalue weighted by molar-refractivity contribution is 0.380. The monoisotopic (exact) mass is 252 g/mol. The van der Waals surface area contributed by atoms with Gasteiger partial charge in [0.15, 0.2) is 5.83 Å². The van der Waals surface area contributed by atoms with Gasteiger partial charge in [0, 0.05) is 0 Å². The second kappa shape index (κ2) is 3.50. The second-order valence-corrected chi connectivity index (χ2v) is 3.97. The molecule has 0 aliphatic heterocycles. The van der Waals surface area contributed by atoms with Crippen LogP contribution in [0.4, 0.5) is 13.2 Å². The first-order chi connectivity index (χ1) is 3.55. The van der Waals surface area contributed by atoms with Gasteiger partial charge < -0.3 is 0 Å². The zero-order valence-corrected chi connectivity index (χ0v) is 6.64. The van der Waals surface area contributed by atoms with E-state index in [-0.39, 0.29) is 0 Å². The lowest BCUT2D eigenvalue weighted by Crippen LogP contribution is -1.85. The molecule has 0 aromatic rings. The standard InChI is InChI=1S/C3HBr2F3/c4-2(5)1(6)3(7)8/h2H. The van der Waals surface area contributed by atoms with Crippen molar-refractivity contribution in [2.75, 3.05) is 0 Å². The first-order valence-corrected chi connectivity index (χ1v) is 3.37. The Morgan fingerprint density at radius 2 is 1.50 bits per heavy atom.